The molecule has 0 N–H and O–H groups in total. The van der Waals surface area contributed by atoms with Crippen LogP contribution in [0, 0.1) is 0 Å². The van der Waals surface area contributed by atoms with Crippen molar-refractivity contribution in [2.45, 2.75) is 44.2 Å². The number of halogens is 1. The van der Waals surface area contributed by atoms with Gasteiger partial charge in [-0.3, -0.25) is 0 Å². The molecule has 1 aliphatic rings. The molecule has 0 aliphatic carbocycles. The molecular formula is C15H19ClN2O. The van der Waals surface area contributed by atoms with Crippen LogP contribution in [0.1, 0.15) is 38.4 Å². The van der Waals surface area contributed by atoms with Crippen molar-refractivity contribution in [3.8, 4) is 0 Å². The van der Waals surface area contributed by atoms with E-state index in [0.29, 0.717) is 0 Å². The third-order valence-corrected chi connectivity index (χ3v) is 4.50. The number of ether oxygens (including phenoxy) is 1. The van der Waals surface area contributed by atoms with Gasteiger partial charge in [0.05, 0.1) is 28.1 Å². The highest BCUT2D eigenvalue weighted by atomic mass is 35.5. The van der Waals surface area contributed by atoms with Crippen LogP contribution in [-0.2, 0) is 10.3 Å². The summed E-state index contributed by atoms with van der Waals surface area (Å²) >= 11 is 6.34. The average molecular weight is 279 g/mol. The van der Waals surface area contributed by atoms with Crippen LogP contribution in [0.15, 0.2) is 24.3 Å². The van der Waals surface area contributed by atoms with Crippen LogP contribution in [0.3, 0.4) is 0 Å². The van der Waals surface area contributed by atoms with Crippen molar-refractivity contribution in [2.24, 2.45) is 0 Å². The topological polar surface area (TPSA) is 27.1 Å². The molecule has 0 spiro atoms. The summed E-state index contributed by atoms with van der Waals surface area (Å²) in [4.78, 5) is 4.71. The monoisotopic (exact) mass is 278 g/mol. The molecule has 19 heavy (non-hydrogen) atoms. The van der Waals surface area contributed by atoms with E-state index in [1.165, 1.54) is 0 Å². The average Bonchev–Trinajstić information content (AvgIpc) is 2.92. The number of imidazole rings is 1. The summed E-state index contributed by atoms with van der Waals surface area (Å²) in [5.74, 6) is 0.933. The van der Waals surface area contributed by atoms with Crippen molar-refractivity contribution in [3.63, 3.8) is 0 Å². The zero-order chi connectivity index (χ0) is 13.6. The smallest absolute Gasteiger partial charge is 0.128 e. The normalized spacial score (nSPS) is 28.9. The first-order valence-corrected chi connectivity index (χ1v) is 7.21. The van der Waals surface area contributed by atoms with E-state index in [9.17, 15) is 0 Å². The van der Waals surface area contributed by atoms with Gasteiger partial charge in [0.25, 0.3) is 0 Å². The van der Waals surface area contributed by atoms with Crippen LogP contribution in [0.5, 0.6) is 0 Å². The van der Waals surface area contributed by atoms with Crippen LogP contribution in [-0.4, -0.2) is 22.3 Å². The Morgan fingerprint density at radius 2 is 2.21 bits per heavy atom. The fourth-order valence-corrected chi connectivity index (χ4v) is 3.11. The number of benzene rings is 1. The maximum Gasteiger partial charge on any atom is 0.128 e. The van der Waals surface area contributed by atoms with Gasteiger partial charge in [0, 0.05) is 6.61 Å². The number of nitrogens with zero attached hydrogens (tertiary/aromatic N) is 2. The number of alkyl halides is 1. The van der Waals surface area contributed by atoms with E-state index in [0.717, 1.165) is 29.9 Å². The van der Waals surface area contributed by atoms with Crippen LogP contribution >= 0.6 is 11.6 Å². The number of fused-ring (bicyclic) bond motifs is 1. The Morgan fingerprint density at radius 1 is 1.47 bits per heavy atom. The van der Waals surface area contributed by atoms with E-state index >= 15 is 0 Å². The molecule has 102 valence electrons. The SMILES string of the molecule is CC(Cl)c1nc2ccccc2n1C1(C)CCOC1C. The minimum atomic E-state index is -0.114. The molecule has 3 rings (SSSR count). The predicted molar refractivity (Wildman–Crippen MR) is 77.7 cm³/mol. The predicted octanol–water partition coefficient (Wildman–Crippen LogP) is 3.86. The van der Waals surface area contributed by atoms with Gasteiger partial charge in [-0.15, -0.1) is 11.6 Å². The van der Waals surface area contributed by atoms with Crippen molar-refractivity contribution in [1.82, 2.24) is 9.55 Å². The summed E-state index contributed by atoms with van der Waals surface area (Å²) < 4.78 is 8.07. The lowest BCUT2D eigenvalue weighted by Gasteiger charge is -2.32. The van der Waals surface area contributed by atoms with Crippen molar-refractivity contribution in [3.05, 3.63) is 30.1 Å². The van der Waals surface area contributed by atoms with Crippen molar-refractivity contribution in [1.29, 1.82) is 0 Å². The zero-order valence-corrected chi connectivity index (χ0v) is 12.3. The lowest BCUT2D eigenvalue weighted by molar-refractivity contribution is 0.0763. The number of aromatic nitrogens is 2. The molecule has 1 aromatic carbocycles. The second kappa shape index (κ2) is 4.50. The van der Waals surface area contributed by atoms with Gasteiger partial charge in [0.1, 0.15) is 5.82 Å². The lowest BCUT2D eigenvalue weighted by Crippen LogP contribution is -2.38. The second-order valence-corrected chi connectivity index (χ2v) is 6.18. The first kappa shape index (κ1) is 12.9. The molecule has 1 fully saturated rings. The van der Waals surface area contributed by atoms with Crippen LogP contribution < -0.4 is 0 Å². The van der Waals surface area contributed by atoms with Crippen LogP contribution in [0.2, 0.25) is 0 Å². The third-order valence-electron chi connectivity index (χ3n) is 4.31. The fraction of sp³-hybridized carbons (Fsp3) is 0.533. The fourth-order valence-electron chi connectivity index (χ4n) is 2.97. The summed E-state index contributed by atoms with van der Waals surface area (Å²) in [6.45, 7) is 7.13. The van der Waals surface area contributed by atoms with Gasteiger partial charge in [0.2, 0.25) is 0 Å². The van der Waals surface area contributed by atoms with E-state index in [1.807, 2.05) is 25.1 Å². The van der Waals surface area contributed by atoms with Gasteiger partial charge in [0.15, 0.2) is 0 Å². The van der Waals surface area contributed by atoms with Gasteiger partial charge in [-0.25, -0.2) is 4.98 Å². The molecule has 4 heteroatoms. The van der Waals surface area contributed by atoms with Gasteiger partial charge in [-0.1, -0.05) is 12.1 Å². The first-order valence-electron chi connectivity index (χ1n) is 6.77. The highest BCUT2D eigenvalue weighted by Gasteiger charge is 2.41. The number of para-hydroxylation sites is 2. The Balaban J connectivity index is 2.29. The molecule has 1 aliphatic heterocycles. The number of hydrogen-bond donors (Lipinski definition) is 0. The maximum absolute atomic E-state index is 6.34. The largest absolute Gasteiger partial charge is 0.376 e. The van der Waals surface area contributed by atoms with Gasteiger partial charge >= 0.3 is 0 Å². The third kappa shape index (κ3) is 1.87. The van der Waals surface area contributed by atoms with E-state index in [2.05, 4.69) is 24.5 Å². The molecule has 0 bridgehead atoms. The van der Waals surface area contributed by atoms with E-state index in [4.69, 9.17) is 21.3 Å². The molecule has 3 nitrogen and oxygen atoms in total. The summed E-state index contributed by atoms with van der Waals surface area (Å²) in [6, 6.07) is 8.21. The highest BCUT2D eigenvalue weighted by molar-refractivity contribution is 6.20. The Labute approximate surface area is 118 Å². The molecule has 1 saturated heterocycles. The maximum atomic E-state index is 6.34. The molecule has 1 aromatic heterocycles. The Bertz CT molecular complexity index is 607. The molecule has 3 unspecified atom stereocenters. The summed E-state index contributed by atoms with van der Waals surface area (Å²) in [6.07, 6.45) is 1.16. The minimum Gasteiger partial charge on any atom is -0.376 e. The molecular weight excluding hydrogens is 260 g/mol. The highest BCUT2D eigenvalue weighted by Crippen LogP contribution is 2.39. The summed E-state index contributed by atoms with van der Waals surface area (Å²) in [5.41, 5.74) is 2.07. The minimum absolute atomic E-state index is 0.0748. The van der Waals surface area contributed by atoms with Crippen molar-refractivity contribution < 1.29 is 4.74 Å². The van der Waals surface area contributed by atoms with Crippen molar-refractivity contribution >= 4 is 22.6 Å². The van der Waals surface area contributed by atoms with Crippen LogP contribution in [0.4, 0.5) is 0 Å². The number of hydrogen-bond acceptors (Lipinski definition) is 2. The Morgan fingerprint density at radius 3 is 2.84 bits per heavy atom. The second-order valence-electron chi connectivity index (χ2n) is 5.53. The molecule has 2 heterocycles. The van der Waals surface area contributed by atoms with E-state index in [-0.39, 0.29) is 17.0 Å². The Kier molecular flexibility index (Phi) is 3.06. The molecule has 0 amide bonds. The lowest BCUT2D eigenvalue weighted by atomic mass is 9.93. The summed E-state index contributed by atoms with van der Waals surface area (Å²) in [7, 11) is 0. The Hall–Kier alpha value is -1.06. The quantitative estimate of drug-likeness (QED) is 0.780. The molecule has 0 radical (unpaired) electrons. The van der Waals surface area contributed by atoms with Gasteiger partial charge in [-0.05, 0) is 39.3 Å². The summed E-state index contributed by atoms with van der Waals surface area (Å²) in [5, 5.41) is -0.114. The first-order chi connectivity index (χ1) is 9.04. The van der Waals surface area contributed by atoms with E-state index < -0.39 is 0 Å². The zero-order valence-electron chi connectivity index (χ0n) is 11.6. The molecule has 3 atom stereocenters. The molecule has 2 aromatic rings. The standard InChI is InChI=1S/C15H19ClN2O/c1-10(16)14-17-12-6-4-5-7-13(12)18(14)15(3)8-9-19-11(15)2/h4-7,10-11H,8-9H2,1-3H3. The van der Waals surface area contributed by atoms with Crippen molar-refractivity contribution in [2.75, 3.05) is 6.61 Å². The van der Waals surface area contributed by atoms with Gasteiger partial charge in [-0.2, -0.15) is 0 Å². The molecule has 0 saturated carbocycles. The van der Waals surface area contributed by atoms with Gasteiger partial charge < -0.3 is 9.30 Å². The van der Waals surface area contributed by atoms with Crippen LogP contribution in [0.25, 0.3) is 11.0 Å². The van der Waals surface area contributed by atoms with E-state index in [1.54, 1.807) is 0 Å². The number of rotatable bonds is 2.